The summed E-state index contributed by atoms with van der Waals surface area (Å²) < 4.78 is 0. The Morgan fingerprint density at radius 3 is 3.17 bits per heavy atom. The predicted octanol–water partition coefficient (Wildman–Crippen LogP) is 1.42. The van der Waals surface area contributed by atoms with E-state index >= 15 is 0 Å². The highest BCUT2D eigenvalue weighted by Gasteiger charge is 2.16. The molecule has 0 spiro atoms. The molecule has 18 heavy (non-hydrogen) atoms. The normalized spacial score (nSPS) is 9.83. The number of fused-ring (bicyclic) bond motifs is 1. The van der Waals surface area contributed by atoms with Crippen molar-refractivity contribution < 1.29 is 4.79 Å². The van der Waals surface area contributed by atoms with E-state index in [4.69, 9.17) is 5.73 Å². The molecule has 3 N–H and O–H groups in total. The molecular formula is C12H12N4OS. The molecule has 1 amide bonds. The maximum atomic E-state index is 11.9. The van der Waals surface area contributed by atoms with Gasteiger partial charge in [-0.05, 0) is 6.92 Å². The van der Waals surface area contributed by atoms with E-state index in [2.05, 4.69) is 27.1 Å². The molecule has 0 aliphatic heterocycles. The zero-order valence-electron chi connectivity index (χ0n) is 9.86. The van der Waals surface area contributed by atoms with Gasteiger partial charge in [-0.2, -0.15) is 0 Å². The van der Waals surface area contributed by atoms with Crippen LogP contribution in [0.3, 0.4) is 0 Å². The summed E-state index contributed by atoms with van der Waals surface area (Å²) in [6, 6.07) is 0. The van der Waals surface area contributed by atoms with Gasteiger partial charge in [-0.3, -0.25) is 4.79 Å². The van der Waals surface area contributed by atoms with Gasteiger partial charge >= 0.3 is 0 Å². The van der Waals surface area contributed by atoms with Gasteiger partial charge in [0.25, 0.3) is 5.91 Å². The number of hydrogen-bond acceptors (Lipinski definition) is 5. The van der Waals surface area contributed by atoms with E-state index in [1.54, 1.807) is 13.1 Å². The number of anilines is 1. The second-order valence-electron chi connectivity index (χ2n) is 3.52. The van der Waals surface area contributed by atoms with Crippen LogP contribution in [0.25, 0.3) is 10.2 Å². The Labute approximate surface area is 108 Å². The molecule has 0 atom stereocenters. The van der Waals surface area contributed by atoms with Crippen molar-refractivity contribution in [1.29, 1.82) is 0 Å². The number of rotatable bonds is 3. The Morgan fingerprint density at radius 2 is 2.44 bits per heavy atom. The number of carbonyl (C=O) groups is 1. The van der Waals surface area contributed by atoms with Crippen LogP contribution in [0.4, 0.5) is 5.69 Å². The van der Waals surface area contributed by atoms with Crippen molar-refractivity contribution in [3.05, 3.63) is 17.4 Å². The van der Waals surface area contributed by atoms with E-state index in [0.717, 1.165) is 10.2 Å². The third kappa shape index (κ3) is 2.41. The zero-order valence-corrected chi connectivity index (χ0v) is 10.7. The van der Waals surface area contributed by atoms with Gasteiger partial charge in [-0.25, -0.2) is 9.97 Å². The fraction of sp³-hybridized carbons (Fsp3) is 0.250. The van der Waals surface area contributed by atoms with Crippen LogP contribution in [-0.2, 0) is 0 Å². The van der Waals surface area contributed by atoms with Crippen LogP contribution < -0.4 is 11.1 Å². The van der Waals surface area contributed by atoms with E-state index in [9.17, 15) is 4.79 Å². The summed E-state index contributed by atoms with van der Waals surface area (Å²) in [6.45, 7) is 2.28. The first kappa shape index (κ1) is 12.3. The van der Waals surface area contributed by atoms with Crippen LogP contribution in [0.15, 0.2) is 12.5 Å². The van der Waals surface area contributed by atoms with Crippen LogP contribution in [0.2, 0.25) is 0 Å². The molecule has 5 nitrogen and oxygen atoms in total. The molecule has 0 aliphatic carbocycles. The highest BCUT2D eigenvalue weighted by Crippen LogP contribution is 2.31. The van der Waals surface area contributed by atoms with Crippen molar-refractivity contribution >= 4 is 33.1 Å². The van der Waals surface area contributed by atoms with Gasteiger partial charge in [0.2, 0.25) is 0 Å². The molecule has 0 aliphatic rings. The van der Waals surface area contributed by atoms with Gasteiger partial charge in [0, 0.05) is 19.2 Å². The number of nitrogens with zero attached hydrogens (tertiary/aromatic N) is 2. The first-order chi connectivity index (χ1) is 8.74. The minimum Gasteiger partial charge on any atom is -0.397 e. The Hall–Kier alpha value is -2.13. The summed E-state index contributed by atoms with van der Waals surface area (Å²) in [5.74, 6) is 5.47. The molecule has 2 heterocycles. The molecular weight excluding hydrogens is 248 g/mol. The minimum absolute atomic E-state index is 0.187. The molecule has 0 saturated carbocycles. The smallest absolute Gasteiger partial charge is 0.263 e. The van der Waals surface area contributed by atoms with Crippen molar-refractivity contribution in [2.24, 2.45) is 0 Å². The van der Waals surface area contributed by atoms with Crippen molar-refractivity contribution in [2.45, 2.75) is 13.3 Å². The summed E-state index contributed by atoms with van der Waals surface area (Å²) in [5.41, 5.74) is 6.35. The topological polar surface area (TPSA) is 80.9 Å². The average molecular weight is 260 g/mol. The maximum absolute atomic E-state index is 11.9. The molecule has 0 radical (unpaired) electrons. The molecule has 92 valence electrons. The lowest BCUT2D eigenvalue weighted by Crippen LogP contribution is -2.24. The highest BCUT2D eigenvalue weighted by atomic mass is 32.1. The SMILES string of the molecule is CC#CCCNC(=O)c1sc2ncncc2c1N. The predicted molar refractivity (Wildman–Crippen MR) is 72.2 cm³/mol. The Kier molecular flexibility index (Phi) is 3.75. The van der Waals surface area contributed by atoms with Crippen LogP contribution in [0, 0.1) is 11.8 Å². The third-order valence-corrected chi connectivity index (χ3v) is 3.46. The number of hydrogen-bond donors (Lipinski definition) is 2. The first-order valence-electron chi connectivity index (χ1n) is 5.40. The number of thiophene rings is 1. The molecule has 0 aromatic carbocycles. The Balaban J connectivity index is 2.17. The second-order valence-corrected chi connectivity index (χ2v) is 4.52. The Morgan fingerprint density at radius 1 is 1.61 bits per heavy atom. The average Bonchev–Trinajstić information content (AvgIpc) is 2.73. The maximum Gasteiger partial charge on any atom is 0.263 e. The van der Waals surface area contributed by atoms with Crippen LogP contribution in [-0.4, -0.2) is 22.4 Å². The lowest BCUT2D eigenvalue weighted by Gasteiger charge is -2.01. The van der Waals surface area contributed by atoms with E-state index in [1.165, 1.54) is 17.7 Å². The summed E-state index contributed by atoms with van der Waals surface area (Å²) in [4.78, 5) is 21.1. The molecule has 0 fully saturated rings. The molecule has 2 aromatic rings. The Bertz CT molecular complexity index is 638. The molecule has 0 unspecified atom stereocenters. The van der Waals surface area contributed by atoms with Crippen LogP contribution >= 0.6 is 11.3 Å². The van der Waals surface area contributed by atoms with Crippen molar-refractivity contribution in [3.8, 4) is 11.8 Å². The number of carbonyl (C=O) groups excluding carboxylic acids is 1. The fourth-order valence-electron chi connectivity index (χ4n) is 1.47. The minimum atomic E-state index is -0.187. The molecule has 0 saturated heterocycles. The summed E-state index contributed by atoms with van der Waals surface area (Å²) >= 11 is 1.27. The first-order valence-corrected chi connectivity index (χ1v) is 6.21. The summed E-state index contributed by atoms with van der Waals surface area (Å²) in [6.07, 6.45) is 3.69. The van der Waals surface area contributed by atoms with Gasteiger partial charge in [0.15, 0.2) is 0 Å². The molecule has 2 rings (SSSR count). The lowest BCUT2D eigenvalue weighted by molar-refractivity contribution is 0.0959. The van der Waals surface area contributed by atoms with Crippen LogP contribution in [0.1, 0.15) is 23.0 Å². The second kappa shape index (κ2) is 5.47. The van der Waals surface area contributed by atoms with Gasteiger partial charge in [-0.1, -0.05) is 0 Å². The molecule has 2 aromatic heterocycles. The quantitative estimate of drug-likeness (QED) is 0.646. The van der Waals surface area contributed by atoms with Crippen molar-refractivity contribution in [1.82, 2.24) is 15.3 Å². The number of aromatic nitrogens is 2. The van der Waals surface area contributed by atoms with Crippen molar-refractivity contribution in [2.75, 3.05) is 12.3 Å². The third-order valence-electron chi connectivity index (χ3n) is 2.33. The number of nitrogens with one attached hydrogen (secondary N) is 1. The standard InChI is InChI=1S/C12H12N4OS/c1-2-3-4-5-15-11(17)10-9(13)8-6-14-7-16-12(8)18-10/h6-7H,4-5,13H2,1H3,(H,15,17). The monoisotopic (exact) mass is 260 g/mol. The van der Waals surface area contributed by atoms with Gasteiger partial charge in [0.1, 0.15) is 16.0 Å². The largest absolute Gasteiger partial charge is 0.397 e. The van der Waals surface area contributed by atoms with Gasteiger partial charge in [-0.15, -0.1) is 23.2 Å². The highest BCUT2D eigenvalue weighted by molar-refractivity contribution is 7.21. The van der Waals surface area contributed by atoms with Gasteiger partial charge < -0.3 is 11.1 Å². The van der Waals surface area contributed by atoms with Crippen molar-refractivity contribution in [3.63, 3.8) is 0 Å². The number of nitrogens with two attached hydrogens (primary N) is 1. The van der Waals surface area contributed by atoms with E-state index in [-0.39, 0.29) is 5.91 Å². The van der Waals surface area contributed by atoms with E-state index in [1.807, 2.05) is 0 Å². The van der Waals surface area contributed by atoms with Gasteiger partial charge in [0.05, 0.1) is 11.1 Å². The zero-order chi connectivity index (χ0) is 13.0. The fourth-order valence-corrected chi connectivity index (χ4v) is 2.42. The lowest BCUT2D eigenvalue weighted by atomic mass is 10.3. The molecule has 6 heteroatoms. The molecule has 0 bridgehead atoms. The van der Waals surface area contributed by atoms with E-state index in [0.29, 0.717) is 23.5 Å². The summed E-state index contributed by atoms with van der Waals surface area (Å²) in [5, 5.41) is 3.50. The number of amides is 1. The van der Waals surface area contributed by atoms with Crippen LogP contribution in [0.5, 0.6) is 0 Å². The number of nitrogen functional groups attached to an aromatic ring is 1. The summed E-state index contributed by atoms with van der Waals surface area (Å²) in [7, 11) is 0. The van der Waals surface area contributed by atoms with E-state index < -0.39 is 0 Å².